The molecule has 0 radical (unpaired) electrons. The highest BCUT2D eigenvalue weighted by molar-refractivity contribution is 5.68. The summed E-state index contributed by atoms with van der Waals surface area (Å²) in [6.07, 6.45) is 3.45. The number of hydrogen-bond acceptors (Lipinski definition) is 4. The van der Waals surface area contributed by atoms with E-state index in [4.69, 9.17) is 9.84 Å². The molecule has 7 heteroatoms. The van der Waals surface area contributed by atoms with Crippen molar-refractivity contribution < 1.29 is 33.6 Å². The first-order valence-corrected chi connectivity index (χ1v) is 8.76. The number of alkyl halides is 2. The van der Waals surface area contributed by atoms with Gasteiger partial charge in [-0.1, -0.05) is 36.4 Å². The van der Waals surface area contributed by atoms with Crippen LogP contribution in [0.3, 0.4) is 0 Å². The maximum atomic E-state index is 14.1. The number of rotatable bonds is 9. The highest BCUT2D eigenvalue weighted by atomic mass is 19.3. The molecule has 0 spiro atoms. The minimum Gasteiger partial charge on any atom is -0.487 e. The number of allylic oxidation sites excluding steroid dienone is 1. The van der Waals surface area contributed by atoms with Crippen LogP contribution in [0.15, 0.2) is 54.6 Å². The zero-order valence-corrected chi connectivity index (χ0v) is 14.7. The Morgan fingerprint density at radius 3 is 2.56 bits per heavy atom. The Morgan fingerprint density at radius 2 is 1.89 bits per heavy atom. The molecule has 1 aliphatic rings. The Morgan fingerprint density at radius 1 is 1.19 bits per heavy atom. The lowest BCUT2D eigenvalue weighted by Gasteiger charge is -2.20. The summed E-state index contributed by atoms with van der Waals surface area (Å²) in [4.78, 5) is 10.5. The number of carbonyl (C=O) groups is 1. The lowest BCUT2D eigenvalue weighted by Crippen LogP contribution is -2.25. The van der Waals surface area contributed by atoms with Gasteiger partial charge in [0.15, 0.2) is 6.61 Å². The van der Waals surface area contributed by atoms with Crippen molar-refractivity contribution in [3.8, 4) is 5.75 Å². The summed E-state index contributed by atoms with van der Waals surface area (Å²) in [7, 11) is 0. The number of carboxylic acid groups (broad SMARTS) is 1. The minimum atomic E-state index is -3.23. The molecule has 5 nitrogen and oxygen atoms in total. The average molecular weight is 382 g/mol. The first-order chi connectivity index (χ1) is 12.8. The number of benzene rings is 1. The lowest BCUT2D eigenvalue weighted by atomic mass is 9.89. The number of aliphatic hydroxyl groups excluding tert-OH is 2. The summed E-state index contributed by atoms with van der Waals surface area (Å²) >= 11 is 0. The van der Waals surface area contributed by atoms with Crippen molar-refractivity contribution in [3.63, 3.8) is 0 Å². The summed E-state index contributed by atoms with van der Waals surface area (Å²) in [6, 6.07) is 8.28. The van der Waals surface area contributed by atoms with Gasteiger partial charge in [0.05, 0.1) is 18.6 Å². The Labute approximate surface area is 156 Å². The van der Waals surface area contributed by atoms with Gasteiger partial charge in [-0.3, -0.25) is 4.79 Å². The third-order valence-corrected chi connectivity index (χ3v) is 4.52. The third-order valence-electron chi connectivity index (χ3n) is 4.52. The summed E-state index contributed by atoms with van der Waals surface area (Å²) < 4.78 is 33.2. The largest absolute Gasteiger partial charge is 0.487 e. The van der Waals surface area contributed by atoms with E-state index in [1.165, 1.54) is 12.2 Å². The van der Waals surface area contributed by atoms with Gasteiger partial charge in [0, 0.05) is 12.3 Å². The number of carboxylic acids is 1. The molecular weight excluding hydrogens is 358 g/mol. The summed E-state index contributed by atoms with van der Waals surface area (Å²) in [5.74, 6) is -4.97. The smallest absolute Gasteiger partial charge is 0.307 e. The van der Waals surface area contributed by atoms with Crippen LogP contribution in [-0.2, 0) is 4.79 Å². The molecule has 0 saturated heterocycles. The van der Waals surface area contributed by atoms with Gasteiger partial charge in [-0.05, 0) is 30.5 Å². The molecule has 148 valence electrons. The molecule has 0 heterocycles. The van der Waals surface area contributed by atoms with E-state index in [1.54, 1.807) is 36.4 Å². The van der Waals surface area contributed by atoms with E-state index in [1.807, 2.05) is 0 Å². The topological polar surface area (TPSA) is 87.0 Å². The monoisotopic (exact) mass is 382 g/mol. The van der Waals surface area contributed by atoms with Crippen molar-refractivity contribution in [1.29, 1.82) is 0 Å². The maximum Gasteiger partial charge on any atom is 0.307 e. The van der Waals surface area contributed by atoms with Crippen molar-refractivity contribution in [2.45, 2.75) is 37.4 Å². The van der Waals surface area contributed by atoms with Crippen LogP contribution in [0.5, 0.6) is 5.75 Å². The number of aliphatic carboxylic acids is 1. The molecule has 0 bridgehead atoms. The second-order valence-corrected chi connectivity index (χ2v) is 6.64. The molecule has 3 N–H and O–H groups in total. The Kier molecular flexibility index (Phi) is 7.50. The maximum absolute atomic E-state index is 14.1. The van der Waals surface area contributed by atoms with Crippen molar-refractivity contribution in [2.24, 2.45) is 11.8 Å². The van der Waals surface area contributed by atoms with Crippen molar-refractivity contribution in [3.05, 3.63) is 54.6 Å². The van der Waals surface area contributed by atoms with E-state index in [0.29, 0.717) is 18.2 Å². The Balaban J connectivity index is 1.96. The molecule has 0 aromatic heterocycles. The predicted molar refractivity (Wildman–Crippen MR) is 95.6 cm³/mol. The van der Waals surface area contributed by atoms with Crippen LogP contribution in [0.25, 0.3) is 0 Å². The summed E-state index contributed by atoms with van der Waals surface area (Å²) in [6.45, 7) is -0.831. The number of hydrogen-bond donors (Lipinski definition) is 3. The molecule has 0 aliphatic heterocycles. The normalized spacial score (nSPS) is 26.1. The van der Waals surface area contributed by atoms with E-state index in [2.05, 4.69) is 0 Å². The molecule has 1 aromatic rings. The number of halogens is 2. The fourth-order valence-corrected chi connectivity index (χ4v) is 3.14. The van der Waals surface area contributed by atoms with Crippen LogP contribution in [0.4, 0.5) is 8.78 Å². The van der Waals surface area contributed by atoms with E-state index in [9.17, 15) is 23.8 Å². The van der Waals surface area contributed by atoms with E-state index < -0.39 is 42.5 Å². The van der Waals surface area contributed by atoms with Gasteiger partial charge < -0.3 is 20.1 Å². The van der Waals surface area contributed by atoms with Crippen molar-refractivity contribution in [1.82, 2.24) is 0 Å². The second-order valence-electron chi connectivity index (χ2n) is 6.64. The molecule has 27 heavy (non-hydrogen) atoms. The van der Waals surface area contributed by atoms with Crippen LogP contribution in [0.2, 0.25) is 0 Å². The van der Waals surface area contributed by atoms with E-state index in [-0.39, 0.29) is 12.8 Å². The summed E-state index contributed by atoms with van der Waals surface area (Å²) in [5, 5.41) is 28.7. The fraction of sp³-hybridized carbons (Fsp3) is 0.450. The van der Waals surface area contributed by atoms with Crippen LogP contribution in [0.1, 0.15) is 19.3 Å². The Bertz CT molecular complexity index is 660. The molecule has 4 atom stereocenters. The van der Waals surface area contributed by atoms with Crippen molar-refractivity contribution in [2.75, 3.05) is 6.61 Å². The molecule has 2 rings (SSSR count). The van der Waals surface area contributed by atoms with Crippen LogP contribution < -0.4 is 4.74 Å². The van der Waals surface area contributed by atoms with Gasteiger partial charge >= 0.3 is 5.97 Å². The fourth-order valence-electron chi connectivity index (χ4n) is 3.14. The molecule has 1 aromatic carbocycles. The predicted octanol–water partition coefficient (Wildman–Crippen LogP) is 3.04. The molecule has 1 saturated carbocycles. The molecule has 0 unspecified atom stereocenters. The van der Waals surface area contributed by atoms with Crippen LogP contribution >= 0.6 is 0 Å². The van der Waals surface area contributed by atoms with Crippen LogP contribution in [-0.4, -0.2) is 46.0 Å². The van der Waals surface area contributed by atoms with Crippen molar-refractivity contribution >= 4 is 5.97 Å². The highest BCUT2D eigenvalue weighted by Crippen LogP contribution is 2.37. The van der Waals surface area contributed by atoms with Gasteiger partial charge in [0.1, 0.15) is 5.75 Å². The third kappa shape index (κ3) is 6.77. The highest BCUT2D eigenvalue weighted by Gasteiger charge is 2.40. The molecular formula is C20H24F2O5. The lowest BCUT2D eigenvalue weighted by molar-refractivity contribution is -0.136. The van der Waals surface area contributed by atoms with E-state index >= 15 is 0 Å². The van der Waals surface area contributed by atoms with Gasteiger partial charge in [-0.2, -0.15) is 8.78 Å². The molecule has 1 fully saturated rings. The minimum absolute atomic E-state index is 0.0958. The molecule has 0 amide bonds. The quantitative estimate of drug-likeness (QED) is 0.572. The first-order valence-electron chi connectivity index (χ1n) is 8.76. The van der Waals surface area contributed by atoms with Crippen LogP contribution in [0, 0.1) is 11.8 Å². The average Bonchev–Trinajstić information content (AvgIpc) is 2.89. The number of ether oxygens (including phenoxy) is 1. The molecule has 1 aliphatic carbocycles. The van der Waals surface area contributed by atoms with Gasteiger partial charge in [-0.15, -0.1) is 0 Å². The number of para-hydroxylation sites is 1. The first kappa shape index (κ1) is 21.1. The standard InChI is InChI=1S/C20H24F2O5/c21-20(22,13-27-14-6-2-1-3-7-14)11-10-16-15(17(23)12-18(16)24)8-4-5-9-19(25)26/h1-7,10-11,15-18,23-24H,8-9,12-13H2,(H,25,26)/b5-4-,11-10+/t15-,16-,17+,18-/m1/s1. The van der Waals surface area contributed by atoms with Gasteiger partial charge in [0.2, 0.25) is 0 Å². The SMILES string of the molecule is O=C(O)C/C=C\C[C@@H]1[C@@H](/C=C/C(F)(F)COc2ccccc2)[C@H](O)C[C@@H]1O. The van der Waals surface area contributed by atoms with E-state index in [0.717, 1.165) is 0 Å². The number of aliphatic hydroxyl groups is 2. The Hall–Kier alpha value is -2.25. The zero-order chi connectivity index (χ0) is 19.9. The zero-order valence-electron chi connectivity index (χ0n) is 14.7. The second kappa shape index (κ2) is 9.62. The summed E-state index contributed by atoms with van der Waals surface area (Å²) in [5.41, 5.74) is 0. The van der Waals surface area contributed by atoms with Gasteiger partial charge in [-0.25, -0.2) is 0 Å². The van der Waals surface area contributed by atoms with Gasteiger partial charge in [0.25, 0.3) is 5.92 Å².